The molecule has 4 aliphatic heterocycles. The van der Waals surface area contributed by atoms with Crippen molar-refractivity contribution >= 4 is 5.91 Å². The van der Waals surface area contributed by atoms with Gasteiger partial charge in [0.1, 0.15) is 0 Å². The Labute approximate surface area is 142 Å². The molecule has 1 spiro atoms. The highest BCUT2D eigenvalue weighted by Crippen LogP contribution is 2.60. The molecular weight excluding hydrogens is 310 g/mol. The van der Waals surface area contributed by atoms with E-state index in [0.717, 1.165) is 31.3 Å². The van der Waals surface area contributed by atoms with E-state index in [2.05, 4.69) is 12.2 Å². The molecule has 3 saturated heterocycles. The minimum Gasteiger partial charge on any atom is -0.456 e. The van der Waals surface area contributed by atoms with Gasteiger partial charge in [-0.15, -0.1) is 0 Å². The van der Waals surface area contributed by atoms with Gasteiger partial charge in [0.05, 0.1) is 0 Å². The lowest BCUT2D eigenvalue weighted by Gasteiger charge is -2.57. The van der Waals surface area contributed by atoms with E-state index in [1.165, 1.54) is 0 Å². The standard InChI is InChI=1S/C18H27NO5/c1-5-19-15(20)14-11(3)13-7-6-10(2)12-8-9-17(4)22-16(21-14)18(12,13)24-23-17/h10,12-13,16H,5-9H2,1-4H3,(H,19,20)/t10-,12+,13+,16?,17-,18-/m1/s1. The summed E-state index contributed by atoms with van der Waals surface area (Å²) in [5.74, 6) is 0.308. The van der Waals surface area contributed by atoms with Gasteiger partial charge in [-0.3, -0.25) is 4.79 Å². The van der Waals surface area contributed by atoms with E-state index in [4.69, 9.17) is 19.2 Å². The van der Waals surface area contributed by atoms with Crippen molar-refractivity contribution in [1.29, 1.82) is 0 Å². The number of hydrogen-bond acceptors (Lipinski definition) is 5. The zero-order valence-electron chi connectivity index (χ0n) is 14.9. The molecule has 1 unspecified atom stereocenters. The molecule has 6 nitrogen and oxygen atoms in total. The summed E-state index contributed by atoms with van der Waals surface area (Å²) in [6.45, 7) is 8.61. The summed E-state index contributed by atoms with van der Waals surface area (Å²) in [5, 5.41) is 2.84. The highest BCUT2D eigenvalue weighted by Gasteiger charge is 2.68. The summed E-state index contributed by atoms with van der Waals surface area (Å²) in [6.07, 6.45) is 3.22. The second kappa shape index (κ2) is 5.44. The topological polar surface area (TPSA) is 66.0 Å². The van der Waals surface area contributed by atoms with E-state index in [9.17, 15) is 4.79 Å². The number of fused-ring (bicyclic) bond motifs is 2. The minimum atomic E-state index is -0.810. The Kier molecular flexibility index (Phi) is 3.71. The van der Waals surface area contributed by atoms with Crippen molar-refractivity contribution in [3.8, 4) is 0 Å². The van der Waals surface area contributed by atoms with Gasteiger partial charge in [-0.1, -0.05) is 6.92 Å². The normalized spacial score (nSPS) is 46.8. The lowest BCUT2D eigenvalue weighted by Crippen LogP contribution is -2.67. The first-order valence-electron chi connectivity index (χ1n) is 9.11. The Bertz CT molecular complexity index is 590. The third-order valence-electron chi connectivity index (χ3n) is 6.37. The van der Waals surface area contributed by atoms with Gasteiger partial charge in [-0.05, 0) is 51.5 Å². The maximum absolute atomic E-state index is 12.5. The third kappa shape index (κ3) is 2.09. The number of carbonyl (C=O) groups is 1. The van der Waals surface area contributed by atoms with Crippen LogP contribution in [-0.4, -0.2) is 30.1 Å². The van der Waals surface area contributed by atoms with Crippen LogP contribution in [0.1, 0.15) is 53.4 Å². The quantitative estimate of drug-likeness (QED) is 0.785. The number of amides is 1. The van der Waals surface area contributed by atoms with Gasteiger partial charge in [0.2, 0.25) is 12.1 Å². The maximum Gasteiger partial charge on any atom is 0.286 e. The summed E-state index contributed by atoms with van der Waals surface area (Å²) in [4.78, 5) is 24.2. The van der Waals surface area contributed by atoms with Gasteiger partial charge >= 0.3 is 0 Å². The molecule has 5 rings (SSSR count). The Hall–Kier alpha value is -1.11. The van der Waals surface area contributed by atoms with E-state index in [1.54, 1.807) is 0 Å². The number of nitrogens with one attached hydrogen (secondary N) is 1. The Morgan fingerprint density at radius 1 is 1.29 bits per heavy atom. The van der Waals surface area contributed by atoms with Crippen LogP contribution in [0.4, 0.5) is 0 Å². The molecule has 4 heterocycles. The second-order valence-corrected chi connectivity index (χ2v) is 7.85. The minimum absolute atomic E-state index is 0.0812. The van der Waals surface area contributed by atoms with Crippen LogP contribution >= 0.6 is 0 Å². The maximum atomic E-state index is 12.5. The van der Waals surface area contributed by atoms with Crippen molar-refractivity contribution in [3.63, 3.8) is 0 Å². The second-order valence-electron chi connectivity index (χ2n) is 7.85. The van der Waals surface area contributed by atoms with Crippen LogP contribution in [0.3, 0.4) is 0 Å². The summed E-state index contributed by atoms with van der Waals surface area (Å²) in [7, 11) is 0. The van der Waals surface area contributed by atoms with Crippen LogP contribution < -0.4 is 5.32 Å². The van der Waals surface area contributed by atoms with Crippen LogP contribution in [0.2, 0.25) is 0 Å². The fourth-order valence-electron chi connectivity index (χ4n) is 5.09. The number of rotatable bonds is 2. The smallest absolute Gasteiger partial charge is 0.286 e. The van der Waals surface area contributed by atoms with E-state index < -0.39 is 17.7 Å². The van der Waals surface area contributed by atoms with Gasteiger partial charge in [0.25, 0.3) is 5.91 Å². The van der Waals surface area contributed by atoms with Crippen LogP contribution in [0.5, 0.6) is 0 Å². The zero-order chi connectivity index (χ0) is 17.1. The van der Waals surface area contributed by atoms with E-state index >= 15 is 0 Å². The van der Waals surface area contributed by atoms with Gasteiger partial charge < -0.3 is 14.8 Å². The van der Waals surface area contributed by atoms with Crippen molar-refractivity contribution in [2.45, 2.75) is 71.1 Å². The van der Waals surface area contributed by atoms with Crippen LogP contribution in [-0.2, 0) is 24.0 Å². The van der Waals surface area contributed by atoms with Crippen LogP contribution in [0.15, 0.2) is 11.3 Å². The van der Waals surface area contributed by atoms with Crippen LogP contribution in [0.25, 0.3) is 0 Å². The number of likely N-dealkylation sites (N-methyl/N-ethyl adjacent to an activating group) is 1. The van der Waals surface area contributed by atoms with Crippen molar-refractivity contribution in [3.05, 3.63) is 11.3 Å². The predicted octanol–water partition coefficient (Wildman–Crippen LogP) is 2.64. The first-order chi connectivity index (χ1) is 11.4. The molecule has 6 heteroatoms. The molecule has 0 aromatic carbocycles. The zero-order valence-corrected chi connectivity index (χ0v) is 14.9. The Morgan fingerprint density at radius 2 is 2.08 bits per heavy atom. The van der Waals surface area contributed by atoms with Crippen molar-refractivity contribution in [1.82, 2.24) is 5.32 Å². The van der Waals surface area contributed by atoms with Gasteiger partial charge in [-0.2, -0.15) is 0 Å². The molecule has 6 atom stereocenters. The van der Waals surface area contributed by atoms with E-state index in [0.29, 0.717) is 24.1 Å². The lowest BCUT2D eigenvalue weighted by atomic mass is 9.59. The number of ether oxygens (including phenoxy) is 2. The number of carbonyl (C=O) groups excluding carboxylic acids is 1. The summed E-state index contributed by atoms with van der Waals surface area (Å²) < 4.78 is 12.3. The van der Waals surface area contributed by atoms with E-state index in [-0.39, 0.29) is 11.8 Å². The summed E-state index contributed by atoms with van der Waals surface area (Å²) in [5.41, 5.74) is 0.306. The summed E-state index contributed by atoms with van der Waals surface area (Å²) in [6, 6.07) is 0. The highest BCUT2D eigenvalue weighted by atomic mass is 17.3. The van der Waals surface area contributed by atoms with E-state index in [1.807, 2.05) is 20.8 Å². The van der Waals surface area contributed by atoms with Gasteiger partial charge in [-0.25, -0.2) is 9.78 Å². The molecule has 1 amide bonds. The molecule has 0 aromatic heterocycles. The average Bonchev–Trinajstić information content (AvgIpc) is 2.77. The monoisotopic (exact) mass is 337 g/mol. The van der Waals surface area contributed by atoms with Crippen molar-refractivity contribution in [2.24, 2.45) is 17.8 Å². The van der Waals surface area contributed by atoms with Crippen molar-refractivity contribution in [2.75, 3.05) is 6.54 Å². The first kappa shape index (κ1) is 16.4. The molecule has 5 aliphatic rings. The molecule has 0 radical (unpaired) electrons. The first-order valence-corrected chi connectivity index (χ1v) is 9.11. The molecule has 4 fully saturated rings. The molecule has 0 aromatic rings. The molecule has 2 bridgehead atoms. The van der Waals surface area contributed by atoms with Gasteiger partial charge in [0.15, 0.2) is 11.4 Å². The largest absolute Gasteiger partial charge is 0.456 e. The fraction of sp³-hybridized carbons (Fsp3) is 0.833. The Balaban J connectivity index is 1.81. The molecular formula is C18H27NO5. The molecule has 1 aliphatic carbocycles. The SMILES string of the molecule is CCNC(=O)C1=C(C)[C@@H]2CC[C@@H](C)[C@@H]3CC[C@@]4(C)OO[C@@]23C(O1)O4. The van der Waals surface area contributed by atoms with Gasteiger partial charge in [0, 0.05) is 24.8 Å². The molecule has 1 N–H and O–H groups in total. The summed E-state index contributed by atoms with van der Waals surface area (Å²) >= 11 is 0. The lowest BCUT2D eigenvalue weighted by molar-refractivity contribution is -0.555. The van der Waals surface area contributed by atoms with Crippen LogP contribution in [0, 0.1) is 17.8 Å². The predicted molar refractivity (Wildman–Crippen MR) is 85.3 cm³/mol. The third-order valence-corrected chi connectivity index (χ3v) is 6.37. The van der Waals surface area contributed by atoms with Crippen molar-refractivity contribution < 1.29 is 24.0 Å². The number of hydrogen-bond donors (Lipinski definition) is 1. The Morgan fingerprint density at radius 3 is 2.83 bits per heavy atom. The molecule has 134 valence electrons. The average molecular weight is 337 g/mol. The molecule has 1 saturated carbocycles. The fourth-order valence-corrected chi connectivity index (χ4v) is 5.09. The highest BCUT2D eigenvalue weighted by molar-refractivity contribution is 5.92. The molecule has 24 heavy (non-hydrogen) atoms.